The van der Waals surface area contributed by atoms with Crippen LogP contribution in [0.3, 0.4) is 0 Å². The SMILES string of the molecule is N#Cc1ccc(CC(=O)C2CC3CCC(C2)S3=O)c(F)c1. The number of hydrogen-bond donors (Lipinski definition) is 0. The second kappa shape index (κ2) is 5.69. The third kappa shape index (κ3) is 2.77. The summed E-state index contributed by atoms with van der Waals surface area (Å²) >= 11 is 0. The van der Waals surface area contributed by atoms with Gasteiger partial charge in [0.05, 0.1) is 11.6 Å². The number of nitrogens with zero attached hydrogens (tertiary/aromatic N) is 1. The third-order valence-corrected chi connectivity index (χ3v) is 6.74. The Kier molecular flexibility index (Phi) is 3.90. The number of hydrogen-bond acceptors (Lipinski definition) is 3. The molecule has 0 radical (unpaired) electrons. The van der Waals surface area contributed by atoms with Crippen LogP contribution in [-0.4, -0.2) is 20.5 Å². The molecule has 2 bridgehead atoms. The van der Waals surface area contributed by atoms with E-state index in [1.807, 2.05) is 6.07 Å². The highest BCUT2D eigenvalue weighted by molar-refractivity contribution is 7.86. The van der Waals surface area contributed by atoms with Crippen molar-refractivity contribution < 1.29 is 13.4 Å². The lowest BCUT2D eigenvalue weighted by atomic mass is 9.90. The Balaban J connectivity index is 1.70. The lowest BCUT2D eigenvalue weighted by Crippen LogP contribution is -2.33. The number of carbonyl (C=O) groups is 1. The molecule has 2 fully saturated rings. The molecule has 2 aliphatic rings. The van der Waals surface area contributed by atoms with Gasteiger partial charge in [-0.3, -0.25) is 9.00 Å². The quantitative estimate of drug-likeness (QED) is 0.862. The summed E-state index contributed by atoms with van der Waals surface area (Å²) in [6.45, 7) is 0. The number of benzene rings is 1. The highest BCUT2D eigenvalue weighted by atomic mass is 32.2. The smallest absolute Gasteiger partial charge is 0.140 e. The molecule has 3 nitrogen and oxygen atoms in total. The van der Waals surface area contributed by atoms with Gasteiger partial charge in [0.15, 0.2) is 0 Å². The lowest BCUT2D eigenvalue weighted by molar-refractivity contribution is -0.122. The molecule has 1 aromatic rings. The van der Waals surface area contributed by atoms with Crippen molar-refractivity contribution >= 4 is 16.6 Å². The third-order valence-electron chi connectivity index (χ3n) is 4.56. The fourth-order valence-corrected chi connectivity index (χ4v) is 5.51. The van der Waals surface area contributed by atoms with Gasteiger partial charge < -0.3 is 0 Å². The molecule has 110 valence electrons. The lowest BCUT2D eigenvalue weighted by Gasteiger charge is -2.26. The highest BCUT2D eigenvalue weighted by Crippen LogP contribution is 2.39. The Morgan fingerprint density at radius 2 is 2.00 bits per heavy atom. The molecule has 2 aliphatic heterocycles. The van der Waals surface area contributed by atoms with Crippen molar-refractivity contribution in [2.24, 2.45) is 5.92 Å². The molecule has 21 heavy (non-hydrogen) atoms. The molecule has 0 amide bonds. The zero-order valence-electron chi connectivity index (χ0n) is 11.5. The van der Waals surface area contributed by atoms with Crippen LogP contribution < -0.4 is 0 Å². The van der Waals surface area contributed by atoms with E-state index in [1.165, 1.54) is 18.2 Å². The van der Waals surface area contributed by atoms with E-state index < -0.39 is 16.6 Å². The predicted molar refractivity (Wildman–Crippen MR) is 77.5 cm³/mol. The normalized spacial score (nSPS) is 30.9. The standard InChI is InChI=1S/C16H16FNO2S/c17-15-5-10(9-18)1-2-11(15)8-16(19)12-6-13-3-4-14(7-12)21(13)20/h1-2,5,12-14H,3-4,6-8H2. The molecule has 0 spiro atoms. The van der Waals surface area contributed by atoms with Gasteiger partial charge in [-0.1, -0.05) is 6.07 Å². The van der Waals surface area contributed by atoms with Crippen molar-refractivity contribution in [1.82, 2.24) is 0 Å². The van der Waals surface area contributed by atoms with Gasteiger partial charge in [-0.25, -0.2) is 4.39 Å². The second-order valence-electron chi connectivity index (χ2n) is 5.88. The summed E-state index contributed by atoms with van der Waals surface area (Å²) in [6, 6.07) is 6.09. The first-order chi connectivity index (χ1) is 10.1. The van der Waals surface area contributed by atoms with Gasteiger partial charge in [0.2, 0.25) is 0 Å². The Morgan fingerprint density at radius 1 is 1.33 bits per heavy atom. The molecule has 0 saturated carbocycles. The largest absolute Gasteiger partial charge is 0.299 e. The van der Waals surface area contributed by atoms with Gasteiger partial charge in [0.25, 0.3) is 0 Å². The Morgan fingerprint density at radius 3 is 2.57 bits per heavy atom. The maximum atomic E-state index is 13.8. The van der Waals surface area contributed by atoms with E-state index in [0.29, 0.717) is 18.4 Å². The van der Waals surface area contributed by atoms with Crippen LogP contribution in [0.2, 0.25) is 0 Å². The highest BCUT2D eigenvalue weighted by Gasteiger charge is 2.42. The van der Waals surface area contributed by atoms with Gasteiger partial charge in [-0.05, 0) is 43.4 Å². The maximum Gasteiger partial charge on any atom is 0.140 e. The van der Waals surface area contributed by atoms with Crippen molar-refractivity contribution in [3.05, 3.63) is 35.1 Å². The molecule has 0 N–H and O–H groups in total. The first-order valence-electron chi connectivity index (χ1n) is 7.19. The zero-order valence-corrected chi connectivity index (χ0v) is 12.4. The summed E-state index contributed by atoms with van der Waals surface area (Å²) in [6.07, 6.45) is 3.33. The second-order valence-corrected chi connectivity index (χ2v) is 7.87. The molecule has 5 heteroatoms. The van der Waals surface area contributed by atoms with Crippen molar-refractivity contribution in [2.45, 2.75) is 42.6 Å². The van der Waals surface area contributed by atoms with E-state index in [1.54, 1.807) is 0 Å². The van der Waals surface area contributed by atoms with E-state index in [2.05, 4.69) is 0 Å². The van der Waals surface area contributed by atoms with Crippen LogP contribution in [0.15, 0.2) is 18.2 Å². The van der Waals surface area contributed by atoms with Crippen molar-refractivity contribution in [1.29, 1.82) is 5.26 Å². The van der Waals surface area contributed by atoms with Gasteiger partial charge in [-0.2, -0.15) is 5.26 Å². The first kappa shape index (κ1) is 14.4. The summed E-state index contributed by atoms with van der Waals surface area (Å²) in [4.78, 5) is 12.4. The van der Waals surface area contributed by atoms with Crippen molar-refractivity contribution in [2.75, 3.05) is 0 Å². The molecular weight excluding hydrogens is 289 g/mol. The number of halogens is 1. The van der Waals surface area contributed by atoms with Crippen LogP contribution in [0.25, 0.3) is 0 Å². The van der Waals surface area contributed by atoms with E-state index in [4.69, 9.17) is 5.26 Å². The monoisotopic (exact) mass is 305 g/mol. The first-order valence-corrected chi connectivity index (χ1v) is 8.46. The minimum Gasteiger partial charge on any atom is -0.299 e. The number of Topliss-reactive ketones (excluding diaryl/α,β-unsaturated/α-hetero) is 1. The molecule has 2 atom stereocenters. The van der Waals surface area contributed by atoms with Crippen LogP contribution >= 0.6 is 0 Å². The molecule has 0 aliphatic carbocycles. The van der Waals surface area contributed by atoms with Crippen LogP contribution in [0.4, 0.5) is 4.39 Å². The van der Waals surface area contributed by atoms with Crippen LogP contribution in [0, 0.1) is 23.1 Å². The maximum absolute atomic E-state index is 13.8. The van der Waals surface area contributed by atoms with Crippen LogP contribution in [-0.2, 0) is 22.0 Å². The molecule has 1 aromatic carbocycles. The molecule has 2 heterocycles. The topological polar surface area (TPSA) is 57.9 Å². The number of nitriles is 1. The predicted octanol–water partition coefficient (Wildman–Crippen LogP) is 2.50. The van der Waals surface area contributed by atoms with Crippen LogP contribution in [0.1, 0.15) is 36.8 Å². The van der Waals surface area contributed by atoms with Gasteiger partial charge >= 0.3 is 0 Å². The number of ketones is 1. The van der Waals surface area contributed by atoms with Gasteiger partial charge in [-0.15, -0.1) is 0 Å². The van der Waals surface area contributed by atoms with Gasteiger partial charge in [0.1, 0.15) is 11.6 Å². The summed E-state index contributed by atoms with van der Waals surface area (Å²) < 4.78 is 25.8. The average molecular weight is 305 g/mol. The number of fused-ring (bicyclic) bond motifs is 2. The average Bonchev–Trinajstić information content (AvgIpc) is 2.70. The molecule has 0 aromatic heterocycles. The molecule has 3 rings (SSSR count). The summed E-state index contributed by atoms with van der Waals surface area (Å²) in [5, 5.41) is 9.03. The summed E-state index contributed by atoms with van der Waals surface area (Å²) in [7, 11) is -0.773. The fraction of sp³-hybridized carbons (Fsp3) is 0.500. The van der Waals surface area contributed by atoms with E-state index in [0.717, 1.165) is 12.8 Å². The van der Waals surface area contributed by atoms with Crippen LogP contribution in [0.5, 0.6) is 0 Å². The van der Waals surface area contributed by atoms with Crippen molar-refractivity contribution in [3.63, 3.8) is 0 Å². The fourth-order valence-electron chi connectivity index (χ4n) is 3.39. The minimum atomic E-state index is -0.773. The molecule has 2 saturated heterocycles. The Labute approximate surface area is 125 Å². The number of carbonyl (C=O) groups excluding carboxylic acids is 1. The Hall–Kier alpha value is -1.54. The van der Waals surface area contributed by atoms with E-state index in [-0.39, 0.29) is 34.2 Å². The Bertz CT molecular complexity index is 636. The van der Waals surface area contributed by atoms with E-state index >= 15 is 0 Å². The molecule has 2 unspecified atom stereocenters. The summed E-state index contributed by atoms with van der Waals surface area (Å²) in [5.41, 5.74) is 0.604. The number of rotatable bonds is 3. The minimum absolute atomic E-state index is 0.0345. The van der Waals surface area contributed by atoms with Gasteiger partial charge in [0, 0.05) is 33.6 Å². The van der Waals surface area contributed by atoms with E-state index in [9.17, 15) is 13.4 Å². The zero-order chi connectivity index (χ0) is 15.0. The summed E-state index contributed by atoms with van der Waals surface area (Å²) in [5.74, 6) is -0.549. The molecular formula is C16H16FNO2S. The van der Waals surface area contributed by atoms with Crippen molar-refractivity contribution in [3.8, 4) is 6.07 Å².